The van der Waals surface area contributed by atoms with Gasteiger partial charge in [0.15, 0.2) is 0 Å². The molecule has 0 aliphatic carbocycles. The zero-order valence-electron chi connectivity index (χ0n) is 11.2. The second kappa shape index (κ2) is 5.63. The fourth-order valence-corrected chi connectivity index (χ4v) is 2.11. The molecule has 1 heterocycles. The molecule has 1 aliphatic rings. The molecule has 3 rings (SSSR count). The minimum Gasteiger partial charge on any atom is -0.457 e. The summed E-state index contributed by atoms with van der Waals surface area (Å²) in [5.41, 5.74) is 1.29. The van der Waals surface area contributed by atoms with Crippen LogP contribution in [0, 0.1) is 0 Å². The van der Waals surface area contributed by atoms with Crippen molar-refractivity contribution in [3.8, 4) is 11.5 Å². The van der Waals surface area contributed by atoms with Gasteiger partial charge in [-0.3, -0.25) is 14.9 Å². The zero-order valence-corrected chi connectivity index (χ0v) is 11.2. The van der Waals surface area contributed by atoms with E-state index in [0.717, 1.165) is 11.3 Å². The van der Waals surface area contributed by atoms with Crippen molar-refractivity contribution in [3.63, 3.8) is 0 Å². The van der Waals surface area contributed by atoms with Gasteiger partial charge in [-0.25, -0.2) is 0 Å². The van der Waals surface area contributed by atoms with Crippen LogP contribution < -0.4 is 10.1 Å². The highest BCUT2D eigenvalue weighted by Crippen LogP contribution is 2.23. The van der Waals surface area contributed by atoms with Gasteiger partial charge in [-0.05, 0) is 35.9 Å². The predicted molar refractivity (Wildman–Crippen MR) is 78.7 cm³/mol. The van der Waals surface area contributed by atoms with Crippen LogP contribution in [0.25, 0.3) is 6.08 Å². The molecule has 4 nitrogen and oxygen atoms in total. The third kappa shape index (κ3) is 3.17. The molecule has 2 amide bonds. The Hall–Kier alpha value is -2.88. The highest BCUT2D eigenvalue weighted by molar-refractivity contribution is 6.15. The number of nitrogens with one attached hydrogen (secondary N) is 1. The van der Waals surface area contributed by atoms with Crippen molar-refractivity contribution in [1.82, 2.24) is 5.32 Å². The van der Waals surface area contributed by atoms with E-state index in [9.17, 15) is 9.59 Å². The van der Waals surface area contributed by atoms with Crippen LogP contribution in [0.5, 0.6) is 11.5 Å². The monoisotopic (exact) mass is 279 g/mol. The van der Waals surface area contributed by atoms with Crippen LogP contribution in [-0.4, -0.2) is 11.8 Å². The highest BCUT2D eigenvalue weighted by Gasteiger charge is 2.23. The molecule has 1 aliphatic heterocycles. The Balaban J connectivity index is 1.82. The van der Waals surface area contributed by atoms with Crippen LogP contribution in [0.15, 0.2) is 60.2 Å². The van der Waals surface area contributed by atoms with Crippen molar-refractivity contribution in [3.05, 3.63) is 65.7 Å². The number of benzene rings is 2. The molecule has 21 heavy (non-hydrogen) atoms. The Kier molecular flexibility index (Phi) is 3.51. The topological polar surface area (TPSA) is 55.4 Å². The summed E-state index contributed by atoms with van der Waals surface area (Å²) < 4.78 is 5.73. The Morgan fingerprint density at radius 3 is 2.43 bits per heavy atom. The minimum atomic E-state index is -0.325. The van der Waals surface area contributed by atoms with E-state index < -0.39 is 0 Å². The average molecular weight is 279 g/mol. The molecule has 1 saturated heterocycles. The highest BCUT2D eigenvalue weighted by atomic mass is 16.5. The minimum absolute atomic E-state index is 0.128. The largest absolute Gasteiger partial charge is 0.457 e. The van der Waals surface area contributed by atoms with Crippen molar-refractivity contribution in [2.75, 3.05) is 0 Å². The molecule has 0 unspecified atom stereocenters. The van der Waals surface area contributed by atoms with Gasteiger partial charge in [0.2, 0.25) is 5.91 Å². The first-order valence-electron chi connectivity index (χ1n) is 6.58. The fourth-order valence-electron chi connectivity index (χ4n) is 2.11. The summed E-state index contributed by atoms with van der Waals surface area (Å²) >= 11 is 0. The van der Waals surface area contributed by atoms with Crippen LogP contribution in [0.4, 0.5) is 0 Å². The van der Waals surface area contributed by atoms with Gasteiger partial charge in [0, 0.05) is 5.57 Å². The number of amides is 2. The first-order chi connectivity index (χ1) is 10.2. The van der Waals surface area contributed by atoms with E-state index in [-0.39, 0.29) is 18.2 Å². The summed E-state index contributed by atoms with van der Waals surface area (Å²) in [7, 11) is 0. The fraction of sp³-hybridized carbons (Fsp3) is 0.0588. The smallest absolute Gasteiger partial charge is 0.254 e. The Morgan fingerprint density at radius 2 is 1.71 bits per heavy atom. The molecule has 2 aromatic rings. The first-order valence-corrected chi connectivity index (χ1v) is 6.58. The summed E-state index contributed by atoms with van der Waals surface area (Å²) in [6.45, 7) is 0. The SMILES string of the molecule is O=C1C/C(=C/c2cccc(Oc3ccccc3)c2)C(=O)N1. The lowest BCUT2D eigenvalue weighted by molar-refractivity contribution is -0.124. The number of para-hydroxylation sites is 1. The van der Waals surface area contributed by atoms with Gasteiger partial charge in [-0.15, -0.1) is 0 Å². The maximum atomic E-state index is 11.5. The summed E-state index contributed by atoms with van der Waals surface area (Å²) in [4.78, 5) is 22.7. The van der Waals surface area contributed by atoms with E-state index in [4.69, 9.17) is 4.74 Å². The number of carbonyl (C=O) groups is 2. The van der Waals surface area contributed by atoms with Crippen molar-refractivity contribution < 1.29 is 14.3 Å². The third-order valence-electron chi connectivity index (χ3n) is 3.07. The van der Waals surface area contributed by atoms with Crippen molar-refractivity contribution >= 4 is 17.9 Å². The van der Waals surface area contributed by atoms with Crippen LogP contribution in [-0.2, 0) is 9.59 Å². The van der Waals surface area contributed by atoms with Crippen molar-refractivity contribution in [2.24, 2.45) is 0 Å². The Morgan fingerprint density at radius 1 is 0.952 bits per heavy atom. The van der Waals surface area contributed by atoms with Crippen molar-refractivity contribution in [2.45, 2.75) is 6.42 Å². The average Bonchev–Trinajstić information content (AvgIpc) is 2.78. The lowest BCUT2D eigenvalue weighted by Gasteiger charge is -2.06. The quantitative estimate of drug-likeness (QED) is 0.694. The molecule has 0 spiro atoms. The Labute approximate surface area is 122 Å². The second-order valence-electron chi connectivity index (χ2n) is 4.71. The van der Waals surface area contributed by atoms with E-state index >= 15 is 0 Å². The van der Waals surface area contributed by atoms with Crippen LogP contribution in [0.3, 0.4) is 0 Å². The summed E-state index contributed by atoms with van der Waals surface area (Å²) in [6, 6.07) is 16.8. The van der Waals surface area contributed by atoms with Gasteiger partial charge in [0.05, 0.1) is 6.42 Å². The van der Waals surface area contributed by atoms with Gasteiger partial charge in [0.25, 0.3) is 5.91 Å². The maximum absolute atomic E-state index is 11.5. The van der Waals surface area contributed by atoms with Gasteiger partial charge in [0.1, 0.15) is 11.5 Å². The molecule has 0 saturated carbocycles. The zero-order chi connectivity index (χ0) is 14.7. The number of hydrogen-bond donors (Lipinski definition) is 1. The Bertz CT molecular complexity index is 720. The molecular weight excluding hydrogens is 266 g/mol. The normalized spacial score (nSPS) is 16.1. The molecule has 0 radical (unpaired) electrons. The van der Waals surface area contributed by atoms with Crippen LogP contribution in [0.1, 0.15) is 12.0 Å². The number of carbonyl (C=O) groups excluding carboxylic acids is 2. The van der Waals surface area contributed by atoms with E-state index in [1.807, 2.05) is 54.6 Å². The summed E-state index contributed by atoms with van der Waals surface area (Å²) in [5, 5.41) is 2.26. The van der Waals surface area contributed by atoms with Crippen molar-refractivity contribution in [1.29, 1.82) is 0 Å². The first kappa shape index (κ1) is 13.1. The summed E-state index contributed by atoms with van der Waals surface area (Å²) in [6.07, 6.45) is 1.83. The number of ether oxygens (including phenoxy) is 1. The number of rotatable bonds is 3. The van der Waals surface area contributed by atoms with Crippen LogP contribution >= 0.6 is 0 Å². The van der Waals surface area contributed by atoms with Gasteiger partial charge in [-0.2, -0.15) is 0 Å². The summed E-state index contributed by atoms with van der Waals surface area (Å²) in [5.74, 6) is 0.841. The number of imide groups is 1. The van der Waals surface area contributed by atoms with Gasteiger partial charge in [-0.1, -0.05) is 30.3 Å². The molecule has 1 fully saturated rings. The molecular formula is C17H13NO3. The van der Waals surface area contributed by atoms with Gasteiger partial charge >= 0.3 is 0 Å². The predicted octanol–water partition coefficient (Wildman–Crippen LogP) is 2.91. The van der Waals surface area contributed by atoms with E-state index in [2.05, 4.69) is 5.32 Å². The molecule has 0 bridgehead atoms. The molecule has 1 N–H and O–H groups in total. The second-order valence-corrected chi connectivity index (χ2v) is 4.71. The molecule has 0 aromatic heterocycles. The molecule has 104 valence electrons. The van der Waals surface area contributed by atoms with E-state index in [1.54, 1.807) is 6.08 Å². The van der Waals surface area contributed by atoms with E-state index in [1.165, 1.54) is 0 Å². The van der Waals surface area contributed by atoms with Crippen LogP contribution in [0.2, 0.25) is 0 Å². The standard InChI is InChI=1S/C17H13NO3/c19-16-11-13(17(20)18-16)9-12-5-4-8-15(10-12)21-14-6-2-1-3-7-14/h1-10H,11H2,(H,18,19,20)/b13-9-. The van der Waals surface area contributed by atoms with E-state index in [0.29, 0.717) is 11.3 Å². The molecule has 0 atom stereocenters. The lowest BCUT2D eigenvalue weighted by atomic mass is 10.1. The third-order valence-corrected chi connectivity index (χ3v) is 3.07. The molecule has 4 heteroatoms. The number of hydrogen-bond acceptors (Lipinski definition) is 3. The lowest BCUT2D eigenvalue weighted by Crippen LogP contribution is -2.19. The van der Waals surface area contributed by atoms with Gasteiger partial charge < -0.3 is 4.74 Å². The molecule has 2 aromatic carbocycles. The maximum Gasteiger partial charge on any atom is 0.254 e.